The Labute approximate surface area is 120 Å². The van der Waals surface area contributed by atoms with Crippen molar-refractivity contribution >= 4 is 5.82 Å². The maximum Gasteiger partial charge on any atom is 0.162 e. The lowest BCUT2D eigenvalue weighted by atomic mass is 10.0. The summed E-state index contributed by atoms with van der Waals surface area (Å²) >= 11 is 0. The largest absolute Gasteiger partial charge is 0.370 e. The SMILES string of the molecule is CCNc1cc(C2CC2)nc(-c2ccccc2CC)n1. The lowest BCUT2D eigenvalue weighted by Crippen LogP contribution is -2.04. The maximum atomic E-state index is 4.81. The van der Waals surface area contributed by atoms with E-state index in [-0.39, 0.29) is 0 Å². The molecule has 1 aromatic carbocycles. The molecular formula is C17H21N3. The molecule has 0 aliphatic heterocycles. The Bertz CT molecular complexity index is 603. The molecule has 1 N–H and O–H groups in total. The Morgan fingerprint density at radius 3 is 2.65 bits per heavy atom. The standard InChI is InChI=1S/C17H21N3/c1-3-12-7-5-6-8-14(12)17-19-15(13-9-10-13)11-16(20-17)18-4-2/h5-8,11,13H,3-4,9-10H2,1-2H3,(H,18,19,20). The van der Waals surface area contributed by atoms with Crippen molar-refractivity contribution < 1.29 is 0 Å². The summed E-state index contributed by atoms with van der Waals surface area (Å²) in [5.74, 6) is 2.45. The highest BCUT2D eigenvalue weighted by atomic mass is 15.0. The number of rotatable bonds is 5. The van der Waals surface area contributed by atoms with Crippen LogP contribution in [0, 0.1) is 0 Å². The van der Waals surface area contributed by atoms with E-state index >= 15 is 0 Å². The first-order valence-electron chi connectivity index (χ1n) is 7.53. The fraction of sp³-hybridized carbons (Fsp3) is 0.412. The van der Waals surface area contributed by atoms with Crippen LogP contribution in [-0.2, 0) is 6.42 Å². The molecule has 0 atom stereocenters. The Morgan fingerprint density at radius 1 is 1.15 bits per heavy atom. The van der Waals surface area contributed by atoms with E-state index in [0.717, 1.165) is 30.2 Å². The number of benzene rings is 1. The Balaban J connectivity index is 2.07. The number of hydrogen-bond acceptors (Lipinski definition) is 3. The topological polar surface area (TPSA) is 37.8 Å². The Hall–Kier alpha value is -1.90. The fourth-order valence-electron chi connectivity index (χ4n) is 2.49. The first-order chi connectivity index (χ1) is 9.81. The molecule has 1 saturated carbocycles. The van der Waals surface area contributed by atoms with Crippen molar-refractivity contribution in [2.75, 3.05) is 11.9 Å². The van der Waals surface area contributed by atoms with Crippen LogP contribution in [0.3, 0.4) is 0 Å². The average molecular weight is 267 g/mol. The highest BCUT2D eigenvalue weighted by molar-refractivity contribution is 5.62. The number of aryl methyl sites for hydroxylation is 1. The van der Waals surface area contributed by atoms with Gasteiger partial charge in [0.1, 0.15) is 5.82 Å². The van der Waals surface area contributed by atoms with Gasteiger partial charge in [0.2, 0.25) is 0 Å². The van der Waals surface area contributed by atoms with Gasteiger partial charge in [-0.05, 0) is 31.7 Å². The normalized spacial score (nSPS) is 14.3. The van der Waals surface area contributed by atoms with Gasteiger partial charge in [-0.3, -0.25) is 0 Å². The first kappa shape index (κ1) is 13.1. The van der Waals surface area contributed by atoms with Gasteiger partial charge in [0.05, 0.1) is 0 Å². The smallest absolute Gasteiger partial charge is 0.162 e. The van der Waals surface area contributed by atoms with Crippen LogP contribution in [0.1, 0.15) is 43.9 Å². The number of aromatic nitrogens is 2. The van der Waals surface area contributed by atoms with Gasteiger partial charge in [-0.2, -0.15) is 0 Å². The van der Waals surface area contributed by atoms with Crippen molar-refractivity contribution in [2.24, 2.45) is 0 Å². The lowest BCUT2D eigenvalue weighted by Gasteiger charge is -2.11. The van der Waals surface area contributed by atoms with Crippen LogP contribution in [0.5, 0.6) is 0 Å². The Kier molecular flexibility index (Phi) is 3.68. The van der Waals surface area contributed by atoms with Gasteiger partial charge in [0, 0.05) is 29.8 Å². The van der Waals surface area contributed by atoms with Crippen molar-refractivity contribution in [1.82, 2.24) is 9.97 Å². The highest BCUT2D eigenvalue weighted by Crippen LogP contribution is 2.40. The van der Waals surface area contributed by atoms with Crippen LogP contribution in [0.25, 0.3) is 11.4 Å². The number of nitrogens with one attached hydrogen (secondary N) is 1. The summed E-state index contributed by atoms with van der Waals surface area (Å²) in [6.07, 6.45) is 3.53. The van der Waals surface area contributed by atoms with Crippen molar-refractivity contribution in [2.45, 2.75) is 39.0 Å². The van der Waals surface area contributed by atoms with Crippen LogP contribution in [0.4, 0.5) is 5.82 Å². The monoisotopic (exact) mass is 267 g/mol. The molecule has 0 unspecified atom stereocenters. The number of nitrogens with zero attached hydrogens (tertiary/aromatic N) is 2. The van der Waals surface area contributed by atoms with Crippen LogP contribution < -0.4 is 5.32 Å². The molecule has 3 heteroatoms. The van der Waals surface area contributed by atoms with Gasteiger partial charge >= 0.3 is 0 Å². The molecule has 0 spiro atoms. The summed E-state index contributed by atoms with van der Waals surface area (Å²) in [5.41, 5.74) is 3.66. The molecule has 0 saturated heterocycles. The summed E-state index contributed by atoms with van der Waals surface area (Å²) in [7, 11) is 0. The average Bonchev–Trinajstić information content (AvgIpc) is 3.32. The molecule has 0 bridgehead atoms. The van der Waals surface area contributed by atoms with Crippen LogP contribution in [-0.4, -0.2) is 16.5 Å². The van der Waals surface area contributed by atoms with E-state index in [1.54, 1.807) is 0 Å². The summed E-state index contributed by atoms with van der Waals surface area (Å²) < 4.78 is 0. The molecule has 2 aromatic rings. The molecule has 0 amide bonds. The fourth-order valence-corrected chi connectivity index (χ4v) is 2.49. The van der Waals surface area contributed by atoms with E-state index in [0.29, 0.717) is 5.92 Å². The zero-order chi connectivity index (χ0) is 13.9. The zero-order valence-corrected chi connectivity index (χ0v) is 12.2. The van der Waals surface area contributed by atoms with Gasteiger partial charge in [-0.1, -0.05) is 31.2 Å². The summed E-state index contributed by atoms with van der Waals surface area (Å²) in [5, 5.41) is 3.33. The van der Waals surface area contributed by atoms with E-state index in [1.807, 2.05) is 0 Å². The van der Waals surface area contributed by atoms with Crippen molar-refractivity contribution in [3.63, 3.8) is 0 Å². The summed E-state index contributed by atoms with van der Waals surface area (Å²) in [4.78, 5) is 9.50. The van der Waals surface area contributed by atoms with Gasteiger partial charge in [0.25, 0.3) is 0 Å². The second-order valence-electron chi connectivity index (χ2n) is 5.32. The highest BCUT2D eigenvalue weighted by Gasteiger charge is 2.26. The van der Waals surface area contributed by atoms with Crippen LogP contribution >= 0.6 is 0 Å². The van der Waals surface area contributed by atoms with E-state index in [9.17, 15) is 0 Å². The third-order valence-electron chi connectivity index (χ3n) is 3.74. The molecule has 1 aromatic heterocycles. The Morgan fingerprint density at radius 2 is 1.95 bits per heavy atom. The quantitative estimate of drug-likeness (QED) is 0.889. The number of hydrogen-bond donors (Lipinski definition) is 1. The van der Waals surface area contributed by atoms with Crippen molar-refractivity contribution in [3.05, 3.63) is 41.6 Å². The third kappa shape index (κ3) is 2.67. The molecule has 1 heterocycles. The molecule has 20 heavy (non-hydrogen) atoms. The third-order valence-corrected chi connectivity index (χ3v) is 3.74. The van der Waals surface area contributed by atoms with Crippen molar-refractivity contribution in [1.29, 1.82) is 0 Å². The van der Waals surface area contributed by atoms with E-state index < -0.39 is 0 Å². The number of anilines is 1. The molecule has 1 fully saturated rings. The maximum absolute atomic E-state index is 4.81. The second-order valence-corrected chi connectivity index (χ2v) is 5.32. The van der Waals surface area contributed by atoms with E-state index in [1.165, 1.54) is 24.1 Å². The van der Waals surface area contributed by atoms with Crippen LogP contribution in [0.2, 0.25) is 0 Å². The molecular weight excluding hydrogens is 246 g/mol. The van der Waals surface area contributed by atoms with Gasteiger partial charge < -0.3 is 5.32 Å². The molecule has 3 nitrogen and oxygen atoms in total. The summed E-state index contributed by atoms with van der Waals surface area (Å²) in [6.45, 7) is 5.16. The predicted octanol–water partition coefficient (Wildman–Crippen LogP) is 4.02. The minimum absolute atomic E-state index is 0.642. The minimum Gasteiger partial charge on any atom is -0.370 e. The minimum atomic E-state index is 0.642. The van der Waals surface area contributed by atoms with Gasteiger partial charge in [-0.15, -0.1) is 0 Å². The summed E-state index contributed by atoms with van der Waals surface area (Å²) in [6, 6.07) is 10.5. The zero-order valence-electron chi connectivity index (χ0n) is 12.2. The van der Waals surface area contributed by atoms with Crippen LogP contribution in [0.15, 0.2) is 30.3 Å². The van der Waals surface area contributed by atoms with Gasteiger partial charge in [0.15, 0.2) is 5.82 Å². The lowest BCUT2D eigenvalue weighted by molar-refractivity contribution is 0.983. The van der Waals surface area contributed by atoms with Crippen molar-refractivity contribution in [3.8, 4) is 11.4 Å². The molecule has 3 rings (SSSR count). The molecule has 1 aliphatic carbocycles. The molecule has 0 radical (unpaired) electrons. The molecule has 1 aliphatic rings. The first-order valence-corrected chi connectivity index (χ1v) is 7.53. The molecule has 104 valence electrons. The van der Waals surface area contributed by atoms with E-state index in [4.69, 9.17) is 4.98 Å². The van der Waals surface area contributed by atoms with Gasteiger partial charge in [-0.25, -0.2) is 9.97 Å². The second kappa shape index (κ2) is 5.61. The van der Waals surface area contributed by atoms with E-state index in [2.05, 4.69) is 54.5 Å². The predicted molar refractivity (Wildman–Crippen MR) is 83.0 cm³/mol.